The maximum Gasteiger partial charge on any atom is 0.317 e. The van der Waals surface area contributed by atoms with Crippen LogP contribution in [0.4, 0.5) is 8.78 Å². The van der Waals surface area contributed by atoms with Crippen molar-refractivity contribution in [3.05, 3.63) is 34.9 Å². The molecule has 0 spiro atoms. The van der Waals surface area contributed by atoms with Crippen LogP contribution in [0.1, 0.15) is 25.3 Å². The number of halogens is 3. The second kappa shape index (κ2) is 4.50. The number of esters is 1. The molecule has 2 nitrogen and oxygen atoms in total. The van der Waals surface area contributed by atoms with E-state index in [0.29, 0.717) is 10.6 Å². The van der Waals surface area contributed by atoms with Crippen LogP contribution in [0.15, 0.2) is 24.3 Å². The molecule has 0 bridgehead atoms. The third-order valence-electron chi connectivity index (χ3n) is 3.18. The summed E-state index contributed by atoms with van der Waals surface area (Å²) in [7, 11) is 0. The Labute approximate surface area is 109 Å². The molecule has 0 atom stereocenters. The summed E-state index contributed by atoms with van der Waals surface area (Å²) in [4.78, 5) is 11.9. The number of rotatable bonds is 3. The lowest BCUT2D eigenvalue weighted by atomic mass is 9.62. The van der Waals surface area contributed by atoms with Gasteiger partial charge >= 0.3 is 5.97 Å². The fourth-order valence-corrected chi connectivity index (χ4v) is 2.46. The molecule has 1 aliphatic rings. The normalized spacial score (nSPS) is 20.0. The van der Waals surface area contributed by atoms with Crippen LogP contribution < -0.4 is 0 Å². The Balaban J connectivity index is 2.32. The Morgan fingerprint density at radius 3 is 2.33 bits per heavy atom. The molecule has 0 radical (unpaired) electrons. The van der Waals surface area contributed by atoms with Crippen molar-refractivity contribution in [2.45, 2.75) is 31.1 Å². The lowest BCUT2D eigenvalue weighted by molar-refractivity contribution is -0.179. The number of ether oxygens (including phenoxy) is 1. The predicted molar refractivity (Wildman–Crippen MR) is 63.9 cm³/mol. The van der Waals surface area contributed by atoms with Gasteiger partial charge in [0.2, 0.25) is 0 Å². The van der Waals surface area contributed by atoms with Gasteiger partial charge in [-0.3, -0.25) is 4.79 Å². The average molecular weight is 275 g/mol. The number of hydrogen-bond donors (Lipinski definition) is 0. The second-order valence-corrected chi connectivity index (χ2v) is 4.96. The first kappa shape index (κ1) is 13.3. The van der Waals surface area contributed by atoms with Gasteiger partial charge in [0.25, 0.3) is 5.92 Å². The molecule has 1 fully saturated rings. The molecule has 0 aliphatic heterocycles. The van der Waals surface area contributed by atoms with Crippen molar-refractivity contribution in [2.24, 2.45) is 0 Å². The van der Waals surface area contributed by atoms with Crippen molar-refractivity contribution in [1.29, 1.82) is 0 Å². The maximum absolute atomic E-state index is 13.2. The zero-order valence-electron chi connectivity index (χ0n) is 9.88. The molecule has 1 aromatic rings. The van der Waals surface area contributed by atoms with Crippen LogP contribution in [0.25, 0.3) is 0 Å². The summed E-state index contributed by atoms with van der Waals surface area (Å²) in [6, 6.07) is 6.39. The van der Waals surface area contributed by atoms with Crippen molar-refractivity contribution >= 4 is 17.6 Å². The van der Waals surface area contributed by atoms with E-state index in [0.717, 1.165) is 0 Å². The van der Waals surface area contributed by atoms with E-state index in [1.807, 2.05) is 0 Å². The lowest BCUT2D eigenvalue weighted by Gasteiger charge is -2.45. The Kier molecular flexibility index (Phi) is 3.32. The molecule has 0 amide bonds. The summed E-state index contributed by atoms with van der Waals surface area (Å²) in [5.41, 5.74) is -0.680. The highest BCUT2D eigenvalue weighted by molar-refractivity contribution is 6.30. The van der Waals surface area contributed by atoms with Crippen molar-refractivity contribution in [1.82, 2.24) is 0 Å². The van der Waals surface area contributed by atoms with E-state index in [1.54, 1.807) is 31.2 Å². The summed E-state index contributed by atoms with van der Waals surface area (Å²) < 4.78 is 31.3. The SMILES string of the molecule is CCOC(=O)C1(c2ccc(Cl)cc2)CC(F)(F)C1. The van der Waals surface area contributed by atoms with E-state index < -0.39 is 30.1 Å². The second-order valence-electron chi connectivity index (χ2n) is 4.52. The molecule has 1 aromatic carbocycles. The number of carbonyl (C=O) groups is 1. The molecule has 0 saturated heterocycles. The minimum absolute atomic E-state index is 0.180. The molecular formula is C13H13ClF2O2. The van der Waals surface area contributed by atoms with Crippen molar-refractivity contribution in [3.8, 4) is 0 Å². The third kappa shape index (κ3) is 2.21. The Morgan fingerprint density at radius 2 is 1.89 bits per heavy atom. The minimum Gasteiger partial charge on any atom is -0.465 e. The van der Waals surface area contributed by atoms with Gasteiger partial charge in [-0.1, -0.05) is 23.7 Å². The molecule has 5 heteroatoms. The fraction of sp³-hybridized carbons (Fsp3) is 0.462. The highest BCUT2D eigenvalue weighted by Gasteiger charge is 2.62. The monoisotopic (exact) mass is 274 g/mol. The predicted octanol–water partition coefficient (Wildman–Crippen LogP) is 3.57. The Hall–Kier alpha value is -1.16. The van der Waals surface area contributed by atoms with Crippen LogP contribution in [0.5, 0.6) is 0 Å². The first-order valence-electron chi connectivity index (χ1n) is 5.71. The number of benzene rings is 1. The van der Waals surface area contributed by atoms with E-state index in [1.165, 1.54) is 0 Å². The topological polar surface area (TPSA) is 26.3 Å². The first-order chi connectivity index (χ1) is 8.39. The van der Waals surface area contributed by atoms with Crippen molar-refractivity contribution < 1.29 is 18.3 Å². The summed E-state index contributed by atoms with van der Waals surface area (Å²) in [5, 5.41) is 0.504. The van der Waals surface area contributed by atoms with Crippen LogP contribution in [0, 0.1) is 0 Å². The van der Waals surface area contributed by atoms with Crippen LogP contribution in [-0.4, -0.2) is 18.5 Å². The standard InChI is InChI=1S/C13H13ClF2O2/c1-2-18-11(17)12(7-13(15,16)8-12)9-3-5-10(14)6-4-9/h3-6H,2,7-8H2,1H3. The van der Waals surface area contributed by atoms with Gasteiger partial charge in [0.1, 0.15) is 5.41 Å². The molecule has 0 unspecified atom stereocenters. The Morgan fingerprint density at radius 1 is 1.33 bits per heavy atom. The van der Waals surface area contributed by atoms with Crippen LogP contribution in [0.3, 0.4) is 0 Å². The quantitative estimate of drug-likeness (QED) is 0.788. The molecule has 1 saturated carbocycles. The summed E-state index contributed by atoms with van der Waals surface area (Å²) >= 11 is 5.76. The van der Waals surface area contributed by atoms with Gasteiger partial charge in [-0.05, 0) is 24.6 Å². The molecule has 98 valence electrons. The van der Waals surface area contributed by atoms with Gasteiger partial charge in [0.05, 0.1) is 6.61 Å². The van der Waals surface area contributed by atoms with E-state index in [-0.39, 0.29) is 6.61 Å². The third-order valence-corrected chi connectivity index (χ3v) is 3.44. The van der Waals surface area contributed by atoms with Gasteiger partial charge in [0, 0.05) is 17.9 Å². The van der Waals surface area contributed by atoms with E-state index >= 15 is 0 Å². The van der Waals surface area contributed by atoms with Crippen LogP contribution in [0.2, 0.25) is 5.02 Å². The highest BCUT2D eigenvalue weighted by Crippen LogP contribution is 2.54. The molecule has 2 rings (SSSR count). The molecule has 18 heavy (non-hydrogen) atoms. The average Bonchev–Trinajstić information content (AvgIpc) is 2.26. The highest BCUT2D eigenvalue weighted by atomic mass is 35.5. The van der Waals surface area contributed by atoms with Crippen LogP contribution in [-0.2, 0) is 14.9 Å². The number of alkyl halides is 2. The molecular weight excluding hydrogens is 262 g/mol. The van der Waals surface area contributed by atoms with Crippen LogP contribution >= 0.6 is 11.6 Å². The molecule has 0 N–H and O–H groups in total. The Bertz CT molecular complexity index is 449. The minimum atomic E-state index is -2.80. The maximum atomic E-state index is 13.2. The zero-order valence-corrected chi connectivity index (χ0v) is 10.6. The molecule has 1 aliphatic carbocycles. The molecule has 0 aromatic heterocycles. The largest absolute Gasteiger partial charge is 0.465 e. The van der Waals surface area contributed by atoms with Gasteiger partial charge in [-0.2, -0.15) is 0 Å². The summed E-state index contributed by atoms with van der Waals surface area (Å²) in [6.07, 6.45) is -0.999. The van der Waals surface area contributed by atoms with Gasteiger partial charge in [0.15, 0.2) is 0 Å². The van der Waals surface area contributed by atoms with Gasteiger partial charge in [-0.15, -0.1) is 0 Å². The summed E-state index contributed by atoms with van der Waals surface area (Å²) in [5.74, 6) is -3.38. The van der Waals surface area contributed by atoms with Gasteiger partial charge in [-0.25, -0.2) is 8.78 Å². The fourth-order valence-electron chi connectivity index (χ4n) is 2.34. The number of hydrogen-bond acceptors (Lipinski definition) is 2. The van der Waals surface area contributed by atoms with Crippen molar-refractivity contribution in [3.63, 3.8) is 0 Å². The summed E-state index contributed by atoms with van der Waals surface area (Å²) in [6.45, 7) is 1.84. The smallest absolute Gasteiger partial charge is 0.317 e. The van der Waals surface area contributed by atoms with E-state index in [4.69, 9.17) is 16.3 Å². The van der Waals surface area contributed by atoms with Crippen molar-refractivity contribution in [2.75, 3.05) is 6.61 Å². The first-order valence-corrected chi connectivity index (χ1v) is 6.08. The van der Waals surface area contributed by atoms with Gasteiger partial charge < -0.3 is 4.74 Å². The molecule has 0 heterocycles. The number of carbonyl (C=O) groups excluding carboxylic acids is 1. The zero-order chi connectivity index (χ0) is 13.4. The lowest BCUT2D eigenvalue weighted by Crippen LogP contribution is -2.55. The van der Waals surface area contributed by atoms with E-state index in [2.05, 4.69) is 0 Å². The van der Waals surface area contributed by atoms with E-state index in [9.17, 15) is 13.6 Å².